The van der Waals surface area contributed by atoms with Crippen LogP contribution in [0.4, 0.5) is 5.69 Å². The molecule has 3 rings (SSSR count). The highest BCUT2D eigenvalue weighted by Crippen LogP contribution is 2.31. The summed E-state index contributed by atoms with van der Waals surface area (Å²) in [5, 5.41) is 12.9. The molecule has 158 valence electrons. The van der Waals surface area contributed by atoms with Gasteiger partial charge in [0, 0.05) is 17.5 Å². The SMILES string of the molecule is COc1cc([N+](=O)[O-])ccc1S(=O)(=O)NCC(c1cccs1)N1CCC(C)CC1. The molecule has 1 aliphatic rings. The number of benzene rings is 1. The quantitative estimate of drug-likeness (QED) is 0.500. The number of likely N-dealkylation sites (tertiary alicyclic amines) is 1. The molecule has 1 aromatic carbocycles. The van der Waals surface area contributed by atoms with Gasteiger partial charge in [-0.15, -0.1) is 11.3 Å². The van der Waals surface area contributed by atoms with Gasteiger partial charge in [-0.3, -0.25) is 15.0 Å². The fourth-order valence-electron chi connectivity index (χ4n) is 3.49. The summed E-state index contributed by atoms with van der Waals surface area (Å²) in [5.41, 5.74) is -0.223. The molecule has 1 saturated heterocycles. The number of non-ortho nitro benzene ring substituents is 1. The van der Waals surface area contributed by atoms with Crippen LogP contribution >= 0.6 is 11.3 Å². The van der Waals surface area contributed by atoms with Crippen LogP contribution in [0.5, 0.6) is 5.75 Å². The standard InChI is InChI=1S/C19H25N3O5S2/c1-14-7-9-21(10-8-14)16(18-4-3-11-28-18)13-20-29(25,26)19-6-5-15(22(23)24)12-17(19)27-2/h3-6,11-12,14,16,20H,7-10,13H2,1-2H3. The highest BCUT2D eigenvalue weighted by molar-refractivity contribution is 7.89. The molecule has 1 aromatic heterocycles. The number of piperidine rings is 1. The van der Waals surface area contributed by atoms with Gasteiger partial charge in [-0.2, -0.15) is 0 Å². The molecule has 10 heteroatoms. The fourth-order valence-corrected chi connectivity index (χ4v) is 5.54. The van der Waals surface area contributed by atoms with Gasteiger partial charge in [-0.25, -0.2) is 13.1 Å². The number of nitro groups is 1. The van der Waals surface area contributed by atoms with E-state index in [9.17, 15) is 18.5 Å². The van der Waals surface area contributed by atoms with Gasteiger partial charge in [-0.1, -0.05) is 13.0 Å². The lowest BCUT2D eigenvalue weighted by atomic mass is 9.97. The van der Waals surface area contributed by atoms with Crippen molar-refractivity contribution in [3.63, 3.8) is 0 Å². The number of nitro benzene ring substituents is 1. The second-order valence-electron chi connectivity index (χ2n) is 7.19. The minimum absolute atomic E-state index is 0.0498. The molecule has 29 heavy (non-hydrogen) atoms. The first-order valence-corrected chi connectivity index (χ1v) is 11.8. The van der Waals surface area contributed by atoms with E-state index in [1.54, 1.807) is 11.3 Å². The lowest BCUT2D eigenvalue weighted by Crippen LogP contribution is -2.41. The molecule has 1 atom stereocenters. The van der Waals surface area contributed by atoms with Gasteiger partial charge in [0.05, 0.1) is 24.1 Å². The predicted octanol–water partition coefficient (Wildman–Crippen LogP) is 3.42. The highest BCUT2D eigenvalue weighted by atomic mass is 32.2. The monoisotopic (exact) mass is 439 g/mol. The van der Waals surface area contributed by atoms with Crippen LogP contribution in [-0.4, -0.2) is 45.0 Å². The largest absolute Gasteiger partial charge is 0.495 e. The summed E-state index contributed by atoms with van der Waals surface area (Å²) < 4.78 is 33.6. The van der Waals surface area contributed by atoms with Crippen molar-refractivity contribution in [2.45, 2.75) is 30.7 Å². The van der Waals surface area contributed by atoms with E-state index in [2.05, 4.69) is 16.5 Å². The third-order valence-corrected chi connectivity index (χ3v) is 7.68. The number of thiophene rings is 1. The molecule has 1 unspecified atom stereocenters. The van der Waals surface area contributed by atoms with Crippen LogP contribution in [0.15, 0.2) is 40.6 Å². The van der Waals surface area contributed by atoms with E-state index in [1.807, 2.05) is 17.5 Å². The van der Waals surface area contributed by atoms with Gasteiger partial charge in [0.2, 0.25) is 10.0 Å². The molecule has 0 radical (unpaired) electrons. The molecule has 2 heterocycles. The average molecular weight is 440 g/mol. The maximum Gasteiger partial charge on any atom is 0.273 e. The third-order valence-electron chi connectivity index (χ3n) is 5.24. The number of hydrogen-bond donors (Lipinski definition) is 1. The molecule has 0 spiro atoms. The Balaban J connectivity index is 1.80. The minimum Gasteiger partial charge on any atom is -0.495 e. The molecule has 0 amide bonds. The Hall–Kier alpha value is -2.01. The van der Waals surface area contributed by atoms with Crippen LogP contribution in [0.3, 0.4) is 0 Å². The van der Waals surface area contributed by atoms with Crippen molar-refractivity contribution in [1.29, 1.82) is 0 Å². The Morgan fingerprint density at radius 3 is 2.66 bits per heavy atom. The molecular formula is C19H25N3O5S2. The second kappa shape index (κ2) is 9.21. The van der Waals surface area contributed by atoms with Crippen LogP contribution < -0.4 is 9.46 Å². The first kappa shape index (κ1) is 21.7. The Morgan fingerprint density at radius 2 is 2.07 bits per heavy atom. The van der Waals surface area contributed by atoms with Gasteiger partial charge >= 0.3 is 0 Å². The van der Waals surface area contributed by atoms with Gasteiger partial charge in [-0.05, 0) is 49.4 Å². The third kappa shape index (κ3) is 5.13. The van der Waals surface area contributed by atoms with Crippen molar-refractivity contribution in [2.24, 2.45) is 5.92 Å². The maximum absolute atomic E-state index is 12.9. The van der Waals surface area contributed by atoms with Crippen LogP contribution in [0.2, 0.25) is 0 Å². The number of nitrogens with one attached hydrogen (secondary N) is 1. The van der Waals surface area contributed by atoms with E-state index >= 15 is 0 Å². The minimum atomic E-state index is -3.90. The summed E-state index contributed by atoms with van der Waals surface area (Å²) in [6.45, 7) is 4.30. The highest BCUT2D eigenvalue weighted by Gasteiger charge is 2.28. The van der Waals surface area contributed by atoms with E-state index < -0.39 is 14.9 Å². The first-order chi connectivity index (χ1) is 13.8. The summed E-state index contributed by atoms with van der Waals surface area (Å²) in [6.07, 6.45) is 2.18. The van der Waals surface area contributed by atoms with E-state index in [4.69, 9.17) is 4.74 Å². The van der Waals surface area contributed by atoms with E-state index in [0.717, 1.165) is 36.9 Å². The topological polar surface area (TPSA) is 102 Å². The summed E-state index contributed by atoms with van der Waals surface area (Å²) in [6, 6.07) is 7.43. The van der Waals surface area contributed by atoms with Crippen molar-refractivity contribution in [1.82, 2.24) is 9.62 Å². The summed E-state index contributed by atoms with van der Waals surface area (Å²) in [5.74, 6) is 0.627. The molecule has 0 saturated carbocycles. The Kier molecular flexibility index (Phi) is 6.89. The van der Waals surface area contributed by atoms with Crippen molar-refractivity contribution in [3.8, 4) is 5.75 Å². The van der Waals surface area contributed by atoms with Crippen molar-refractivity contribution in [3.05, 3.63) is 50.7 Å². The lowest BCUT2D eigenvalue weighted by molar-refractivity contribution is -0.385. The van der Waals surface area contributed by atoms with E-state index in [-0.39, 0.29) is 28.9 Å². The molecule has 0 aliphatic carbocycles. The second-order valence-corrected chi connectivity index (χ2v) is 9.91. The molecular weight excluding hydrogens is 414 g/mol. The van der Waals surface area contributed by atoms with Crippen LogP contribution in [0.25, 0.3) is 0 Å². The normalized spacial score (nSPS) is 17.2. The fraction of sp³-hybridized carbons (Fsp3) is 0.474. The molecule has 1 fully saturated rings. The Morgan fingerprint density at radius 1 is 1.34 bits per heavy atom. The summed E-state index contributed by atoms with van der Waals surface area (Å²) >= 11 is 1.61. The van der Waals surface area contributed by atoms with E-state index in [1.165, 1.54) is 19.2 Å². The zero-order chi connectivity index (χ0) is 21.0. The van der Waals surface area contributed by atoms with Crippen molar-refractivity contribution >= 4 is 27.0 Å². The number of sulfonamides is 1. The van der Waals surface area contributed by atoms with Crippen LogP contribution in [0, 0.1) is 16.0 Å². The zero-order valence-corrected chi connectivity index (χ0v) is 18.0. The zero-order valence-electron chi connectivity index (χ0n) is 16.4. The van der Waals surface area contributed by atoms with Crippen molar-refractivity contribution < 1.29 is 18.1 Å². The number of methoxy groups -OCH3 is 1. The molecule has 2 aromatic rings. The number of nitrogens with zero attached hydrogens (tertiary/aromatic N) is 2. The molecule has 8 nitrogen and oxygen atoms in total. The molecule has 1 N–H and O–H groups in total. The number of rotatable bonds is 8. The van der Waals surface area contributed by atoms with Gasteiger partial charge < -0.3 is 4.74 Å². The predicted molar refractivity (Wildman–Crippen MR) is 112 cm³/mol. The van der Waals surface area contributed by atoms with Crippen LogP contribution in [0.1, 0.15) is 30.7 Å². The Labute approximate surface area is 174 Å². The number of ether oxygens (including phenoxy) is 1. The van der Waals surface area contributed by atoms with Crippen molar-refractivity contribution in [2.75, 3.05) is 26.7 Å². The smallest absolute Gasteiger partial charge is 0.273 e. The molecule has 1 aliphatic heterocycles. The van der Waals surface area contributed by atoms with E-state index in [0.29, 0.717) is 5.92 Å². The van der Waals surface area contributed by atoms with Gasteiger partial charge in [0.1, 0.15) is 10.6 Å². The Bertz CT molecular complexity index is 939. The number of hydrogen-bond acceptors (Lipinski definition) is 7. The average Bonchev–Trinajstić information content (AvgIpc) is 3.23. The molecule has 0 bridgehead atoms. The van der Waals surface area contributed by atoms with Gasteiger partial charge in [0.15, 0.2) is 0 Å². The maximum atomic E-state index is 12.9. The first-order valence-electron chi connectivity index (χ1n) is 9.41. The summed E-state index contributed by atoms with van der Waals surface area (Å²) in [7, 11) is -2.61. The van der Waals surface area contributed by atoms with Crippen LogP contribution in [-0.2, 0) is 10.0 Å². The summed E-state index contributed by atoms with van der Waals surface area (Å²) in [4.78, 5) is 13.7. The van der Waals surface area contributed by atoms with Gasteiger partial charge in [0.25, 0.3) is 5.69 Å². The lowest BCUT2D eigenvalue weighted by Gasteiger charge is -2.36.